The predicted molar refractivity (Wildman–Crippen MR) is 105 cm³/mol. The topological polar surface area (TPSA) is 64.6 Å². The average molecular weight is 416 g/mol. The van der Waals surface area contributed by atoms with E-state index in [4.69, 9.17) is 9.47 Å². The molecule has 1 amide bonds. The van der Waals surface area contributed by atoms with Gasteiger partial charge in [0.2, 0.25) is 0 Å². The van der Waals surface area contributed by atoms with Crippen molar-refractivity contribution in [2.24, 2.45) is 0 Å². The van der Waals surface area contributed by atoms with E-state index in [0.717, 1.165) is 10.0 Å². The molecule has 2 rings (SSSR count). The number of esters is 1. The van der Waals surface area contributed by atoms with E-state index in [-0.39, 0.29) is 6.61 Å². The van der Waals surface area contributed by atoms with Crippen molar-refractivity contribution < 1.29 is 19.1 Å². The van der Waals surface area contributed by atoms with Crippen LogP contribution in [-0.4, -0.2) is 25.1 Å². The molecule has 134 valence electrons. The minimum absolute atomic E-state index is 0.354. The predicted octanol–water partition coefficient (Wildman–Crippen LogP) is 4.21. The molecule has 2 aromatic rings. The Morgan fingerprint density at radius 3 is 2.42 bits per heavy atom. The van der Waals surface area contributed by atoms with Crippen LogP contribution in [-0.2, 0) is 14.3 Å². The van der Waals surface area contributed by atoms with Crippen LogP contribution in [0.15, 0.2) is 71.7 Å². The van der Waals surface area contributed by atoms with Crippen molar-refractivity contribution >= 4 is 39.6 Å². The second-order valence-electron chi connectivity index (χ2n) is 5.16. The first-order chi connectivity index (χ1) is 12.6. The number of nitrogens with one attached hydrogen (secondary N) is 1. The molecule has 0 saturated heterocycles. The van der Waals surface area contributed by atoms with Gasteiger partial charge in [0, 0.05) is 16.2 Å². The molecule has 0 spiro atoms. The Hall–Kier alpha value is -2.86. The molecular weight excluding hydrogens is 398 g/mol. The van der Waals surface area contributed by atoms with E-state index < -0.39 is 11.9 Å². The Morgan fingerprint density at radius 1 is 1.08 bits per heavy atom. The van der Waals surface area contributed by atoms with Crippen molar-refractivity contribution in [3.63, 3.8) is 0 Å². The second kappa shape index (κ2) is 10.2. The number of hydrogen-bond donors (Lipinski definition) is 1. The quantitative estimate of drug-likeness (QED) is 0.398. The van der Waals surface area contributed by atoms with Gasteiger partial charge in [0.25, 0.3) is 5.91 Å². The molecule has 0 saturated carbocycles. The number of halogens is 1. The summed E-state index contributed by atoms with van der Waals surface area (Å²) in [5.74, 6) is -0.282. The van der Waals surface area contributed by atoms with Crippen LogP contribution in [0.2, 0.25) is 0 Å². The van der Waals surface area contributed by atoms with Gasteiger partial charge in [-0.1, -0.05) is 40.7 Å². The molecule has 0 radical (unpaired) electrons. The lowest BCUT2D eigenvalue weighted by Crippen LogP contribution is -2.20. The summed E-state index contributed by atoms with van der Waals surface area (Å²) in [7, 11) is 0. The molecule has 0 fully saturated rings. The minimum atomic E-state index is -0.594. The summed E-state index contributed by atoms with van der Waals surface area (Å²) < 4.78 is 11.2. The van der Waals surface area contributed by atoms with Crippen molar-refractivity contribution in [2.45, 2.75) is 0 Å². The summed E-state index contributed by atoms with van der Waals surface area (Å²) in [6, 6.07) is 14.3. The van der Waals surface area contributed by atoms with Crippen molar-refractivity contribution in [3.05, 3.63) is 77.3 Å². The molecule has 1 N–H and O–H groups in total. The van der Waals surface area contributed by atoms with E-state index in [9.17, 15) is 9.59 Å². The molecule has 0 heterocycles. The van der Waals surface area contributed by atoms with Crippen LogP contribution in [0.5, 0.6) is 5.75 Å². The minimum Gasteiger partial charge on any atom is -0.490 e. The Balaban J connectivity index is 1.76. The maximum Gasteiger partial charge on any atom is 0.331 e. The Bertz CT molecular complexity index is 782. The number of carbonyl (C=O) groups is 2. The van der Waals surface area contributed by atoms with Crippen LogP contribution in [0, 0.1) is 0 Å². The fraction of sp³-hybridized carbons (Fsp3) is 0.100. The van der Waals surface area contributed by atoms with Crippen LogP contribution in [0.1, 0.15) is 5.56 Å². The zero-order chi connectivity index (χ0) is 18.8. The summed E-state index contributed by atoms with van der Waals surface area (Å²) in [4.78, 5) is 23.5. The Labute approximate surface area is 160 Å². The fourth-order valence-corrected chi connectivity index (χ4v) is 2.17. The molecule has 0 aromatic heterocycles. The number of carbonyl (C=O) groups excluding carboxylic acids is 2. The van der Waals surface area contributed by atoms with Crippen molar-refractivity contribution in [2.75, 3.05) is 18.5 Å². The van der Waals surface area contributed by atoms with Crippen molar-refractivity contribution in [1.29, 1.82) is 0 Å². The lowest BCUT2D eigenvalue weighted by molar-refractivity contribution is -0.142. The first-order valence-electron chi connectivity index (χ1n) is 7.81. The summed E-state index contributed by atoms with van der Waals surface area (Å²) in [6.45, 7) is 3.66. The summed E-state index contributed by atoms with van der Waals surface area (Å²) in [6.07, 6.45) is 4.54. The summed E-state index contributed by atoms with van der Waals surface area (Å²) in [5, 5.41) is 2.64. The third-order valence-corrected chi connectivity index (χ3v) is 3.66. The highest BCUT2D eigenvalue weighted by molar-refractivity contribution is 9.10. The van der Waals surface area contributed by atoms with Crippen LogP contribution >= 0.6 is 15.9 Å². The van der Waals surface area contributed by atoms with E-state index in [1.54, 1.807) is 48.6 Å². The molecule has 0 unspecified atom stereocenters. The van der Waals surface area contributed by atoms with E-state index in [1.807, 2.05) is 12.1 Å². The molecule has 0 aliphatic rings. The van der Waals surface area contributed by atoms with Gasteiger partial charge in [0.05, 0.1) is 0 Å². The molecule has 26 heavy (non-hydrogen) atoms. The SMILES string of the molecule is C=CCOc1ccc(/C=C/C(=O)OCC(=O)Nc2ccc(Br)cc2)cc1. The summed E-state index contributed by atoms with van der Waals surface area (Å²) in [5.41, 5.74) is 1.44. The van der Waals surface area contributed by atoms with Gasteiger partial charge in [0.15, 0.2) is 6.61 Å². The number of ether oxygens (including phenoxy) is 2. The fourth-order valence-electron chi connectivity index (χ4n) is 1.91. The third-order valence-electron chi connectivity index (χ3n) is 3.13. The molecule has 0 bridgehead atoms. The number of anilines is 1. The van der Waals surface area contributed by atoms with Crippen molar-refractivity contribution in [1.82, 2.24) is 0 Å². The first kappa shape index (κ1) is 19.5. The molecule has 0 aliphatic carbocycles. The van der Waals surface area contributed by atoms with Gasteiger partial charge in [-0.3, -0.25) is 4.79 Å². The van der Waals surface area contributed by atoms with E-state index in [2.05, 4.69) is 27.8 Å². The highest BCUT2D eigenvalue weighted by Crippen LogP contribution is 2.14. The lowest BCUT2D eigenvalue weighted by Gasteiger charge is -2.05. The Morgan fingerprint density at radius 2 is 1.77 bits per heavy atom. The van der Waals surface area contributed by atoms with Crippen LogP contribution in [0.4, 0.5) is 5.69 Å². The van der Waals surface area contributed by atoms with E-state index in [1.165, 1.54) is 6.08 Å². The zero-order valence-electron chi connectivity index (χ0n) is 14.0. The second-order valence-corrected chi connectivity index (χ2v) is 6.08. The van der Waals surface area contributed by atoms with Crippen LogP contribution in [0.25, 0.3) is 6.08 Å². The number of rotatable bonds is 8. The molecule has 0 atom stereocenters. The van der Waals surface area contributed by atoms with Gasteiger partial charge in [-0.25, -0.2) is 4.79 Å². The van der Waals surface area contributed by atoms with Gasteiger partial charge in [-0.2, -0.15) is 0 Å². The number of amides is 1. The maximum absolute atomic E-state index is 11.8. The molecule has 5 nitrogen and oxygen atoms in total. The van der Waals surface area contributed by atoms with Gasteiger partial charge in [-0.05, 0) is 48.0 Å². The monoisotopic (exact) mass is 415 g/mol. The van der Waals surface area contributed by atoms with Gasteiger partial charge in [0.1, 0.15) is 12.4 Å². The smallest absolute Gasteiger partial charge is 0.331 e. The maximum atomic E-state index is 11.8. The average Bonchev–Trinajstić information content (AvgIpc) is 2.65. The molecule has 2 aromatic carbocycles. The largest absolute Gasteiger partial charge is 0.490 e. The first-order valence-corrected chi connectivity index (χ1v) is 8.60. The van der Waals surface area contributed by atoms with Gasteiger partial charge < -0.3 is 14.8 Å². The standard InChI is InChI=1S/C20H18BrNO4/c1-2-13-25-18-10-3-15(4-11-18)5-12-20(24)26-14-19(23)22-17-8-6-16(21)7-9-17/h2-12H,1,13-14H2,(H,22,23)/b12-5+. The molecule has 6 heteroatoms. The highest BCUT2D eigenvalue weighted by Gasteiger charge is 2.05. The van der Waals surface area contributed by atoms with Crippen molar-refractivity contribution in [3.8, 4) is 5.75 Å². The number of benzene rings is 2. The van der Waals surface area contributed by atoms with E-state index in [0.29, 0.717) is 18.0 Å². The highest BCUT2D eigenvalue weighted by atomic mass is 79.9. The zero-order valence-corrected chi connectivity index (χ0v) is 15.6. The molecule has 0 aliphatic heterocycles. The Kier molecular flexibility index (Phi) is 7.64. The van der Waals surface area contributed by atoms with Crippen LogP contribution < -0.4 is 10.1 Å². The molecular formula is C20H18BrNO4. The lowest BCUT2D eigenvalue weighted by atomic mass is 10.2. The van der Waals surface area contributed by atoms with Crippen LogP contribution in [0.3, 0.4) is 0 Å². The normalized spacial score (nSPS) is 10.3. The number of hydrogen-bond acceptors (Lipinski definition) is 4. The van der Waals surface area contributed by atoms with E-state index >= 15 is 0 Å². The van der Waals surface area contributed by atoms with Gasteiger partial charge in [-0.15, -0.1) is 0 Å². The third kappa shape index (κ3) is 6.94. The summed E-state index contributed by atoms with van der Waals surface area (Å²) >= 11 is 3.31. The van der Waals surface area contributed by atoms with Gasteiger partial charge >= 0.3 is 5.97 Å².